The Hall–Kier alpha value is 0.610. The lowest BCUT2D eigenvalue weighted by atomic mass is 10.2. The molecule has 3 nitrogen and oxygen atoms in total. The van der Waals surface area contributed by atoms with Gasteiger partial charge in [0.15, 0.2) is 0 Å². The summed E-state index contributed by atoms with van der Waals surface area (Å²) in [5.74, 6) is 0. The van der Waals surface area contributed by atoms with E-state index < -0.39 is 0 Å². The van der Waals surface area contributed by atoms with Gasteiger partial charge in [0.1, 0.15) is 0 Å². The summed E-state index contributed by atoms with van der Waals surface area (Å²) in [5, 5.41) is 3.48. The van der Waals surface area contributed by atoms with Gasteiger partial charge in [-0.1, -0.05) is 29.0 Å². The highest BCUT2D eigenvalue weighted by Gasteiger charge is 2.16. The van der Waals surface area contributed by atoms with E-state index in [1.165, 1.54) is 23.7 Å². The molecule has 0 bridgehead atoms. The van der Waals surface area contributed by atoms with Gasteiger partial charge in [-0.2, -0.15) is 0 Å². The lowest BCUT2D eigenvalue weighted by Gasteiger charge is -2.30. The van der Waals surface area contributed by atoms with Gasteiger partial charge >= 0.3 is 0 Å². The molecule has 1 rings (SSSR count). The number of nitrogens with one attached hydrogen (secondary N) is 1. The zero-order valence-electron chi connectivity index (χ0n) is 9.67. The first-order chi connectivity index (χ1) is 7.33. The van der Waals surface area contributed by atoms with Gasteiger partial charge in [0.25, 0.3) is 0 Å². The van der Waals surface area contributed by atoms with Gasteiger partial charge in [0.2, 0.25) is 0 Å². The smallest absolute Gasteiger partial charge is 0.0826 e. The molecule has 90 valence electrons. The minimum atomic E-state index is 0.397. The van der Waals surface area contributed by atoms with Gasteiger partial charge in [-0.05, 0) is 30.9 Å². The van der Waals surface area contributed by atoms with Crippen molar-refractivity contribution in [2.45, 2.75) is 25.4 Å². The number of nitrogens with zero attached hydrogens (tertiary/aromatic N) is 1. The molecular weight excluding hydrogens is 303 g/mol. The lowest BCUT2D eigenvalue weighted by molar-refractivity contribution is -0.0180. The Kier molecular flexibility index (Phi) is 7.96. The zero-order valence-corrected chi connectivity index (χ0v) is 11.8. The topological polar surface area (TPSA) is 24.5 Å². The van der Waals surface area contributed by atoms with Crippen molar-refractivity contribution in [2.24, 2.45) is 0 Å². The van der Waals surface area contributed by atoms with Gasteiger partial charge in [0, 0.05) is 19.6 Å². The number of unbranched alkanes of at least 4 members (excludes halogenated alkanes) is 2. The first-order valence-corrected chi connectivity index (χ1v) is 7.42. The Bertz CT molecular complexity index is 158. The first-order valence-electron chi connectivity index (χ1n) is 5.89. The molecule has 1 N–H and O–H groups in total. The summed E-state index contributed by atoms with van der Waals surface area (Å²) in [4.78, 5) is 2.34. The van der Waals surface area contributed by atoms with E-state index in [9.17, 15) is 0 Å². The molecule has 0 aromatic carbocycles. The second kappa shape index (κ2) is 8.73. The number of hydrogen-bond donors (Lipinski definition) is 1. The van der Waals surface area contributed by atoms with E-state index in [1.807, 2.05) is 0 Å². The standard InChI is InChI=1S/C11H23IN2O/c1-14-7-8-15-11(10-14)9-13-6-4-2-3-5-12/h11,13H,2-10H2,1H3. The quantitative estimate of drug-likeness (QED) is 0.436. The molecule has 0 amide bonds. The summed E-state index contributed by atoms with van der Waals surface area (Å²) in [6, 6.07) is 0. The summed E-state index contributed by atoms with van der Waals surface area (Å²) in [7, 11) is 2.16. The molecule has 0 aromatic heterocycles. The van der Waals surface area contributed by atoms with Crippen LogP contribution in [0.2, 0.25) is 0 Å². The predicted molar refractivity (Wildman–Crippen MR) is 72.8 cm³/mol. The molecular formula is C11H23IN2O. The average molecular weight is 326 g/mol. The minimum Gasteiger partial charge on any atom is -0.374 e. The number of likely N-dealkylation sites (N-methyl/N-ethyl adjacent to an activating group) is 1. The Morgan fingerprint density at radius 2 is 2.27 bits per heavy atom. The van der Waals surface area contributed by atoms with Crippen molar-refractivity contribution in [1.82, 2.24) is 10.2 Å². The number of ether oxygens (including phenoxy) is 1. The molecule has 1 saturated heterocycles. The maximum atomic E-state index is 5.67. The second-order valence-corrected chi connectivity index (χ2v) is 5.29. The van der Waals surface area contributed by atoms with E-state index in [1.54, 1.807) is 0 Å². The third-order valence-corrected chi connectivity index (χ3v) is 3.46. The van der Waals surface area contributed by atoms with Crippen LogP contribution in [0.1, 0.15) is 19.3 Å². The van der Waals surface area contributed by atoms with Crippen LogP contribution < -0.4 is 5.32 Å². The van der Waals surface area contributed by atoms with Gasteiger partial charge < -0.3 is 15.0 Å². The molecule has 1 heterocycles. The SMILES string of the molecule is CN1CCOC(CNCCCCCI)C1. The molecule has 0 aliphatic carbocycles. The van der Waals surface area contributed by atoms with Crippen LogP contribution in [0.15, 0.2) is 0 Å². The first kappa shape index (κ1) is 13.7. The molecule has 1 fully saturated rings. The van der Waals surface area contributed by atoms with Crippen molar-refractivity contribution in [2.75, 3.05) is 44.3 Å². The number of rotatable bonds is 7. The normalized spacial score (nSPS) is 23.2. The van der Waals surface area contributed by atoms with Gasteiger partial charge in [-0.25, -0.2) is 0 Å². The van der Waals surface area contributed by atoms with Crippen molar-refractivity contribution in [3.05, 3.63) is 0 Å². The van der Waals surface area contributed by atoms with Crippen LogP contribution in [-0.2, 0) is 4.74 Å². The molecule has 1 unspecified atom stereocenters. The third kappa shape index (κ3) is 6.71. The van der Waals surface area contributed by atoms with Gasteiger partial charge in [-0.15, -0.1) is 0 Å². The Morgan fingerprint density at radius 1 is 1.40 bits per heavy atom. The molecule has 1 aliphatic heterocycles. The number of alkyl halides is 1. The van der Waals surface area contributed by atoms with Crippen LogP contribution in [0.4, 0.5) is 0 Å². The molecule has 4 heteroatoms. The van der Waals surface area contributed by atoms with Crippen molar-refractivity contribution in [3.8, 4) is 0 Å². The Labute approximate surface area is 107 Å². The summed E-state index contributed by atoms with van der Waals surface area (Å²) in [6.07, 6.45) is 4.39. The number of morpholine rings is 1. The summed E-state index contributed by atoms with van der Waals surface area (Å²) >= 11 is 2.44. The Morgan fingerprint density at radius 3 is 3.00 bits per heavy atom. The fourth-order valence-corrected chi connectivity index (χ4v) is 2.31. The van der Waals surface area contributed by atoms with Crippen LogP contribution in [0.5, 0.6) is 0 Å². The highest BCUT2D eigenvalue weighted by Crippen LogP contribution is 2.02. The Balaban J connectivity index is 1.90. The molecule has 15 heavy (non-hydrogen) atoms. The second-order valence-electron chi connectivity index (χ2n) is 4.21. The number of halogens is 1. The van der Waals surface area contributed by atoms with E-state index in [-0.39, 0.29) is 0 Å². The molecule has 0 spiro atoms. The third-order valence-electron chi connectivity index (χ3n) is 2.70. The fraction of sp³-hybridized carbons (Fsp3) is 1.00. The minimum absolute atomic E-state index is 0.397. The molecule has 0 radical (unpaired) electrons. The predicted octanol–water partition coefficient (Wildman–Crippen LogP) is 1.51. The van der Waals surface area contributed by atoms with Crippen LogP contribution in [0.25, 0.3) is 0 Å². The van der Waals surface area contributed by atoms with Crippen LogP contribution >= 0.6 is 22.6 Å². The summed E-state index contributed by atoms with van der Waals surface area (Å²) < 4.78 is 6.96. The van der Waals surface area contributed by atoms with Crippen LogP contribution in [-0.4, -0.2) is 55.3 Å². The van der Waals surface area contributed by atoms with E-state index in [2.05, 4.69) is 39.9 Å². The molecule has 1 atom stereocenters. The largest absolute Gasteiger partial charge is 0.374 e. The molecule has 0 saturated carbocycles. The van der Waals surface area contributed by atoms with Crippen molar-refractivity contribution in [3.63, 3.8) is 0 Å². The van der Waals surface area contributed by atoms with Crippen molar-refractivity contribution in [1.29, 1.82) is 0 Å². The lowest BCUT2D eigenvalue weighted by Crippen LogP contribution is -2.44. The van der Waals surface area contributed by atoms with Gasteiger partial charge in [-0.3, -0.25) is 0 Å². The van der Waals surface area contributed by atoms with E-state index in [0.717, 1.165) is 32.8 Å². The van der Waals surface area contributed by atoms with Crippen molar-refractivity contribution >= 4 is 22.6 Å². The fourth-order valence-electron chi connectivity index (χ4n) is 1.77. The van der Waals surface area contributed by atoms with Gasteiger partial charge in [0.05, 0.1) is 12.7 Å². The number of hydrogen-bond acceptors (Lipinski definition) is 3. The van der Waals surface area contributed by atoms with E-state index >= 15 is 0 Å². The summed E-state index contributed by atoms with van der Waals surface area (Å²) in [6.45, 7) is 5.18. The maximum absolute atomic E-state index is 5.67. The zero-order chi connectivity index (χ0) is 10.9. The average Bonchev–Trinajstić information content (AvgIpc) is 2.23. The van der Waals surface area contributed by atoms with Crippen LogP contribution in [0, 0.1) is 0 Å². The van der Waals surface area contributed by atoms with E-state index in [0.29, 0.717) is 6.10 Å². The maximum Gasteiger partial charge on any atom is 0.0826 e. The van der Waals surface area contributed by atoms with Crippen molar-refractivity contribution < 1.29 is 4.74 Å². The van der Waals surface area contributed by atoms with E-state index in [4.69, 9.17) is 4.74 Å². The monoisotopic (exact) mass is 326 g/mol. The highest BCUT2D eigenvalue weighted by atomic mass is 127. The molecule has 1 aliphatic rings. The van der Waals surface area contributed by atoms with Crippen LogP contribution in [0.3, 0.4) is 0 Å². The molecule has 0 aromatic rings. The highest BCUT2D eigenvalue weighted by molar-refractivity contribution is 14.1. The summed E-state index contributed by atoms with van der Waals surface area (Å²) in [5.41, 5.74) is 0.